The minimum atomic E-state index is 0.00966. The summed E-state index contributed by atoms with van der Waals surface area (Å²) in [5, 5.41) is 0. The Labute approximate surface area is 133 Å². The maximum atomic E-state index is 12.1. The molecular formula is C16H28N2O2S. The highest BCUT2D eigenvalue weighted by Crippen LogP contribution is 2.66. The van der Waals surface area contributed by atoms with E-state index in [2.05, 4.69) is 20.8 Å². The van der Waals surface area contributed by atoms with Crippen LogP contribution in [0, 0.1) is 16.7 Å². The number of amides is 1. The monoisotopic (exact) mass is 312 g/mol. The Kier molecular flexibility index (Phi) is 4.64. The first-order chi connectivity index (χ1) is 9.68. The minimum absolute atomic E-state index is 0.00966. The average Bonchev–Trinajstić information content (AvgIpc) is 2.74. The molecule has 0 spiro atoms. The molecular weight excluding hydrogens is 284 g/mol. The van der Waals surface area contributed by atoms with Gasteiger partial charge in [-0.2, -0.15) is 0 Å². The van der Waals surface area contributed by atoms with Gasteiger partial charge in [0, 0.05) is 20.0 Å². The summed E-state index contributed by atoms with van der Waals surface area (Å²) in [4.78, 5) is 14.2. The molecule has 0 aromatic carbocycles. The van der Waals surface area contributed by atoms with E-state index < -0.39 is 0 Å². The molecule has 2 aliphatic carbocycles. The molecule has 2 aliphatic rings. The minimum Gasteiger partial charge on any atom is -0.393 e. The number of hydrogen-bond donors (Lipinski definition) is 1. The van der Waals surface area contributed by atoms with Gasteiger partial charge in [-0.05, 0) is 36.0 Å². The highest BCUT2D eigenvalue weighted by atomic mass is 32.1. The molecule has 0 aliphatic heterocycles. The summed E-state index contributed by atoms with van der Waals surface area (Å²) in [5.41, 5.74) is 5.99. The zero-order valence-electron chi connectivity index (χ0n) is 13.6. The summed E-state index contributed by atoms with van der Waals surface area (Å²) in [6.45, 7) is 7.75. The van der Waals surface area contributed by atoms with Crippen LogP contribution in [0.3, 0.4) is 0 Å². The van der Waals surface area contributed by atoms with Gasteiger partial charge in [-0.1, -0.05) is 33.0 Å². The van der Waals surface area contributed by atoms with E-state index in [1.807, 2.05) is 0 Å². The Morgan fingerprint density at radius 3 is 2.57 bits per heavy atom. The van der Waals surface area contributed by atoms with Crippen molar-refractivity contribution >= 4 is 23.1 Å². The van der Waals surface area contributed by atoms with Crippen LogP contribution in [-0.2, 0) is 9.53 Å². The maximum Gasteiger partial charge on any atom is 0.248 e. The van der Waals surface area contributed by atoms with Crippen molar-refractivity contribution in [1.29, 1.82) is 0 Å². The predicted octanol–water partition coefficient (Wildman–Crippen LogP) is 2.35. The first-order valence-electron chi connectivity index (χ1n) is 7.82. The number of carbonyl (C=O) groups excluding carboxylic acids is 1. The summed E-state index contributed by atoms with van der Waals surface area (Å²) in [6, 6.07) is 0. The average molecular weight is 312 g/mol. The van der Waals surface area contributed by atoms with Crippen LogP contribution >= 0.6 is 12.2 Å². The van der Waals surface area contributed by atoms with Crippen LogP contribution in [0.4, 0.5) is 0 Å². The molecule has 0 aromatic heterocycles. The summed E-state index contributed by atoms with van der Waals surface area (Å²) >= 11 is 4.84. The highest BCUT2D eigenvalue weighted by molar-refractivity contribution is 7.80. The van der Waals surface area contributed by atoms with Gasteiger partial charge in [0.2, 0.25) is 5.91 Å². The zero-order chi connectivity index (χ0) is 15.8. The smallest absolute Gasteiger partial charge is 0.248 e. The molecule has 2 N–H and O–H groups in total. The van der Waals surface area contributed by atoms with Crippen molar-refractivity contribution in [2.24, 2.45) is 22.5 Å². The lowest BCUT2D eigenvalue weighted by molar-refractivity contribution is -0.140. The van der Waals surface area contributed by atoms with Crippen LogP contribution in [0.25, 0.3) is 0 Å². The second-order valence-electron chi connectivity index (χ2n) is 7.44. The van der Waals surface area contributed by atoms with Gasteiger partial charge < -0.3 is 15.4 Å². The fourth-order valence-electron chi connectivity index (χ4n) is 4.07. The molecule has 2 bridgehead atoms. The number of hydrogen-bond acceptors (Lipinski definition) is 3. The summed E-state index contributed by atoms with van der Waals surface area (Å²) < 4.78 is 6.01. The van der Waals surface area contributed by atoms with Gasteiger partial charge in [-0.15, -0.1) is 0 Å². The van der Waals surface area contributed by atoms with Crippen LogP contribution in [0.2, 0.25) is 0 Å². The third-order valence-electron chi connectivity index (χ3n) is 6.24. The number of fused-ring (bicyclic) bond motifs is 2. The number of nitrogens with two attached hydrogens (primary N) is 1. The second-order valence-corrected chi connectivity index (χ2v) is 7.97. The summed E-state index contributed by atoms with van der Waals surface area (Å²) in [6.07, 6.45) is 4.37. The summed E-state index contributed by atoms with van der Waals surface area (Å²) in [5.74, 6) is 0.741. The van der Waals surface area contributed by atoms with E-state index in [0.717, 1.165) is 12.3 Å². The van der Waals surface area contributed by atoms with E-state index >= 15 is 0 Å². The molecule has 2 saturated carbocycles. The number of nitrogens with zero attached hydrogens (tertiary/aromatic N) is 1. The largest absolute Gasteiger partial charge is 0.393 e. The SMILES string of the molecule is CN(CCC(N)=S)C(=O)COC1CC2CCC1(C)C2(C)C. The topological polar surface area (TPSA) is 55.6 Å². The van der Waals surface area contributed by atoms with E-state index in [1.165, 1.54) is 12.8 Å². The van der Waals surface area contributed by atoms with E-state index in [1.54, 1.807) is 11.9 Å². The zero-order valence-corrected chi connectivity index (χ0v) is 14.5. The van der Waals surface area contributed by atoms with Crippen molar-refractivity contribution in [3.05, 3.63) is 0 Å². The van der Waals surface area contributed by atoms with Gasteiger partial charge in [0.25, 0.3) is 0 Å². The van der Waals surface area contributed by atoms with Crippen LogP contribution in [0.1, 0.15) is 46.5 Å². The Morgan fingerprint density at radius 1 is 1.43 bits per heavy atom. The van der Waals surface area contributed by atoms with Crippen molar-refractivity contribution in [3.63, 3.8) is 0 Å². The number of ether oxygens (including phenoxy) is 1. The quantitative estimate of drug-likeness (QED) is 0.765. The molecule has 3 unspecified atom stereocenters. The second kappa shape index (κ2) is 5.84. The Morgan fingerprint density at radius 2 is 2.10 bits per heavy atom. The molecule has 3 atom stereocenters. The van der Waals surface area contributed by atoms with Crippen molar-refractivity contribution < 1.29 is 9.53 Å². The summed E-state index contributed by atoms with van der Waals surface area (Å²) in [7, 11) is 1.77. The lowest BCUT2D eigenvalue weighted by Crippen LogP contribution is -2.40. The highest BCUT2D eigenvalue weighted by Gasteiger charge is 2.61. The molecule has 2 fully saturated rings. The molecule has 1 amide bonds. The van der Waals surface area contributed by atoms with Crippen LogP contribution in [-0.4, -0.2) is 42.1 Å². The molecule has 2 rings (SSSR count). The number of rotatable bonds is 6. The first-order valence-corrected chi connectivity index (χ1v) is 8.23. The molecule has 0 radical (unpaired) electrons. The lowest BCUT2D eigenvalue weighted by atomic mass is 9.70. The fourth-order valence-corrected chi connectivity index (χ4v) is 4.16. The van der Waals surface area contributed by atoms with Crippen LogP contribution < -0.4 is 5.73 Å². The molecule has 21 heavy (non-hydrogen) atoms. The Balaban J connectivity index is 1.84. The van der Waals surface area contributed by atoms with Crippen molar-refractivity contribution in [2.75, 3.05) is 20.2 Å². The van der Waals surface area contributed by atoms with E-state index in [4.69, 9.17) is 22.7 Å². The van der Waals surface area contributed by atoms with Gasteiger partial charge in [0.15, 0.2) is 0 Å². The van der Waals surface area contributed by atoms with Crippen molar-refractivity contribution in [1.82, 2.24) is 4.90 Å². The molecule has 0 aromatic rings. The number of carbonyl (C=O) groups is 1. The molecule has 0 heterocycles. The first kappa shape index (κ1) is 16.7. The van der Waals surface area contributed by atoms with Gasteiger partial charge in [0.1, 0.15) is 6.61 Å². The lowest BCUT2D eigenvalue weighted by Gasteiger charge is -2.39. The maximum absolute atomic E-state index is 12.1. The van der Waals surface area contributed by atoms with Crippen LogP contribution in [0.15, 0.2) is 0 Å². The van der Waals surface area contributed by atoms with Crippen molar-refractivity contribution in [3.8, 4) is 0 Å². The van der Waals surface area contributed by atoms with Gasteiger partial charge >= 0.3 is 0 Å². The van der Waals surface area contributed by atoms with E-state index in [-0.39, 0.29) is 24.0 Å². The Bertz CT molecular complexity index is 438. The Hall–Kier alpha value is -0.680. The van der Waals surface area contributed by atoms with E-state index in [9.17, 15) is 4.79 Å². The molecule has 5 heteroatoms. The van der Waals surface area contributed by atoms with Gasteiger partial charge in [-0.25, -0.2) is 0 Å². The van der Waals surface area contributed by atoms with Crippen molar-refractivity contribution in [2.45, 2.75) is 52.6 Å². The van der Waals surface area contributed by atoms with Gasteiger partial charge in [0.05, 0.1) is 11.1 Å². The molecule has 4 nitrogen and oxygen atoms in total. The standard InChI is InChI=1S/C16H28N2O2S/c1-15(2)11-5-7-16(15,3)12(9-11)20-10-14(19)18(4)8-6-13(17)21/h11-12H,5-10H2,1-4H3,(H2,17,21). The van der Waals surface area contributed by atoms with Gasteiger partial charge in [-0.3, -0.25) is 4.79 Å². The molecule has 120 valence electrons. The third-order valence-corrected chi connectivity index (χ3v) is 6.45. The van der Waals surface area contributed by atoms with Crippen LogP contribution in [0.5, 0.6) is 0 Å². The molecule has 0 saturated heterocycles. The number of thiocarbonyl (C=S) groups is 1. The van der Waals surface area contributed by atoms with E-state index in [0.29, 0.717) is 23.4 Å². The number of likely N-dealkylation sites (N-methyl/N-ethyl adjacent to an activating group) is 1. The third kappa shape index (κ3) is 2.95. The predicted molar refractivity (Wildman–Crippen MR) is 88.0 cm³/mol. The normalized spacial score (nSPS) is 33.1. The fraction of sp³-hybridized carbons (Fsp3) is 0.875.